The molecule has 2 amide bonds. The lowest BCUT2D eigenvalue weighted by Gasteiger charge is -2.26. The molecule has 2 rings (SSSR count). The topological polar surface area (TPSA) is 71.5 Å². The van der Waals surface area contributed by atoms with Gasteiger partial charge in [0.2, 0.25) is 5.91 Å². The zero-order chi connectivity index (χ0) is 16.9. The van der Waals surface area contributed by atoms with E-state index in [4.69, 9.17) is 4.74 Å². The van der Waals surface area contributed by atoms with Gasteiger partial charge in [0.1, 0.15) is 11.6 Å². The number of pyridine rings is 1. The van der Waals surface area contributed by atoms with Gasteiger partial charge < -0.3 is 15.0 Å². The van der Waals surface area contributed by atoms with Gasteiger partial charge in [-0.25, -0.2) is 4.79 Å². The SMILES string of the molecule is CC(C)(C)OC(=O)NC(Cc1ccncc1)C(=O)N1CCCC1. The summed E-state index contributed by atoms with van der Waals surface area (Å²) < 4.78 is 5.29. The van der Waals surface area contributed by atoms with Gasteiger partial charge in [0.25, 0.3) is 0 Å². The Morgan fingerprint density at radius 2 is 1.87 bits per heavy atom. The highest BCUT2D eigenvalue weighted by atomic mass is 16.6. The minimum Gasteiger partial charge on any atom is -0.444 e. The molecule has 126 valence electrons. The normalized spacial score (nSPS) is 16.0. The third-order valence-electron chi connectivity index (χ3n) is 3.60. The number of hydrogen-bond acceptors (Lipinski definition) is 4. The number of nitrogens with one attached hydrogen (secondary N) is 1. The van der Waals surface area contributed by atoms with Crippen LogP contribution in [0.3, 0.4) is 0 Å². The van der Waals surface area contributed by atoms with Gasteiger partial charge in [-0.2, -0.15) is 0 Å². The predicted molar refractivity (Wildman–Crippen MR) is 86.9 cm³/mol. The number of carbonyl (C=O) groups excluding carboxylic acids is 2. The molecule has 1 N–H and O–H groups in total. The van der Waals surface area contributed by atoms with E-state index < -0.39 is 17.7 Å². The third-order valence-corrected chi connectivity index (χ3v) is 3.60. The summed E-state index contributed by atoms with van der Waals surface area (Å²) in [6, 6.07) is 3.08. The number of ether oxygens (including phenoxy) is 1. The molecule has 1 aliphatic heterocycles. The number of alkyl carbamates (subject to hydrolysis) is 1. The molecule has 6 nitrogen and oxygen atoms in total. The quantitative estimate of drug-likeness (QED) is 0.923. The molecular weight excluding hydrogens is 294 g/mol. The van der Waals surface area contributed by atoms with Crippen molar-refractivity contribution in [3.05, 3.63) is 30.1 Å². The molecule has 0 aromatic carbocycles. The molecule has 0 spiro atoms. The van der Waals surface area contributed by atoms with E-state index in [1.807, 2.05) is 17.0 Å². The second-order valence-corrected chi connectivity index (χ2v) is 6.79. The summed E-state index contributed by atoms with van der Waals surface area (Å²) in [5.74, 6) is -0.0508. The Balaban J connectivity index is 2.07. The summed E-state index contributed by atoms with van der Waals surface area (Å²) in [7, 11) is 0. The number of amides is 2. The van der Waals surface area contributed by atoms with E-state index in [1.165, 1.54) is 0 Å². The molecule has 1 saturated heterocycles. The fourth-order valence-corrected chi connectivity index (χ4v) is 2.56. The molecule has 0 aliphatic carbocycles. The second kappa shape index (κ2) is 7.44. The van der Waals surface area contributed by atoms with Gasteiger partial charge in [-0.05, 0) is 51.3 Å². The van der Waals surface area contributed by atoms with Gasteiger partial charge in [-0.1, -0.05) is 0 Å². The average Bonchev–Trinajstić information content (AvgIpc) is 2.99. The van der Waals surface area contributed by atoms with Crippen molar-refractivity contribution < 1.29 is 14.3 Å². The first-order chi connectivity index (χ1) is 10.8. The molecule has 1 aliphatic rings. The molecule has 23 heavy (non-hydrogen) atoms. The zero-order valence-corrected chi connectivity index (χ0v) is 14.0. The van der Waals surface area contributed by atoms with Crippen molar-refractivity contribution in [1.29, 1.82) is 0 Å². The largest absolute Gasteiger partial charge is 0.444 e. The number of hydrogen-bond donors (Lipinski definition) is 1. The summed E-state index contributed by atoms with van der Waals surface area (Å²) in [6.07, 6.45) is 5.25. The van der Waals surface area contributed by atoms with Gasteiger partial charge >= 0.3 is 6.09 Å². The molecule has 6 heteroatoms. The maximum Gasteiger partial charge on any atom is 0.408 e. The molecular formula is C17H25N3O3. The maximum atomic E-state index is 12.7. The molecule has 1 atom stereocenters. The predicted octanol–water partition coefficient (Wildman–Crippen LogP) is 2.14. The number of aromatic nitrogens is 1. The minimum atomic E-state index is -0.620. The molecule has 2 heterocycles. The summed E-state index contributed by atoms with van der Waals surface area (Å²) in [5.41, 5.74) is 0.357. The summed E-state index contributed by atoms with van der Waals surface area (Å²) in [4.78, 5) is 30.5. The Bertz CT molecular complexity index is 534. The van der Waals surface area contributed by atoms with Crippen molar-refractivity contribution in [3.63, 3.8) is 0 Å². The molecule has 0 radical (unpaired) electrons. The molecule has 1 aromatic rings. The Morgan fingerprint density at radius 3 is 2.43 bits per heavy atom. The van der Waals surface area contributed by atoms with Crippen molar-refractivity contribution in [1.82, 2.24) is 15.2 Å². The van der Waals surface area contributed by atoms with Gasteiger partial charge in [0.15, 0.2) is 0 Å². The average molecular weight is 319 g/mol. The molecule has 0 bridgehead atoms. The highest BCUT2D eigenvalue weighted by Gasteiger charge is 2.29. The smallest absolute Gasteiger partial charge is 0.408 e. The second-order valence-electron chi connectivity index (χ2n) is 6.79. The molecule has 1 aromatic heterocycles. The van der Waals surface area contributed by atoms with E-state index in [-0.39, 0.29) is 5.91 Å². The van der Waals surface area contributed by atoms with Crippen LogP contribution in [0.4, 0.5) is 4.79 Å². The Morgan fingerprint density at radius 1 is 1.26 bits per heavy atom. The van der Waals surface area contributed by atoms with Crippen LogP contribution in [0.5, 0.6) is 0 Å². The fraction of sp³-hybridized carbons (Fsp3) is 0.588. The highest BCUT2D eigenvalue weighted by molar-refractivity contribution is 5.86. The number of nitrogens with zero attached hydrogens (tertiary/aromatic N) is 2. The van der Waals surface area contributed by atoms with E-state index in [1.54, 1.807) is 33.2 Å². The lowest BCUT2D eigenvalue weighted by atomic mass is 10.1. The first kappa shape index (κ1) is 17.2. The van der Waals surface area contributed by atoms with Gasteiger partial charge in [0.05, 0.1) is 0 Å². The third kappa shape index (κ3) is 5.54. The monoisotopic (exact) mass is 319 g/mol. The van der Waals surface area contributed by atoms with Crippen LogP contribution in [-0.4, -0.2) is 46.6 Å². The molecule has 1 fully saturated rings. The number of rotatable bonds is 4. The van der Waals surface area contributed by atoms with Gasteiger partial charge in [-0.15, -0.1) is 0 Å². The van der Waals surface area contributed by atoms with Crippen LogP contribution in [0.15, 0.2) is 24.5 Å². The summed E-state index contributed by atoms with van der Waals surface area (Å²) >= 11 is 0. The van der Waals surface area contributed by atoms with E-state index in [0.29, 0.717) is 6.42 Å². The van der Waals surface area contributed by atoms with Crippen LogP contribution in [0.2, 0.25) is 0 Å². The van der Waals surface area contributed by atoms with E-state index in [9.17, 15) is 9.59 Å². The molecule has 1 unspecified atom stereocenters. The molecule has 0 saturated carbocycles. The van der Waals surface area contributed by atoms with Crippen LogP contribution in [0.1, 0.15) is 39.2 Å². The van der Waals surface area contributed by atoms with Crippen LogP contribution >= 0.6 is 0 Å². The number of likely N-dealkylation sites (tertiary alicyclic amines) is 1. The van der Waals surface area contributed by atoms with E-state index in [2.05, 4.69) is 10.3 Å². The Labute approximate surface area is 137 Å². The maximum absolute atomic E-state index is 12.7. The number of carbonyl (C=O) groups is 2. The van der Waals surface area contributed by atoms with Crippen LogP contribution < -0.4 is 5.32 Å². The summed E-state index contributed by atoms with van der Waals surface area (Å²) in [6.45, 7) is 6.90. The van der Waals surface area contributed by atoms with Gasteiger partial charge in [-0.3, -0.25) is 9.78 Å². The van der Waals surface area contributed by atoms with Crippen molar-refractivity contribution in [2.24, 2.45) is 0 Å². The van der Waals surface area contributed by atoms with Crippen molar-refractivity contribution >= 4 is 12.0 Å². The van der Waals surface area contributed by atoms with Crippen molar-refractivity contribution in [2.75, 3.05) is 13.1 Å². The Hall–Kier alpha value is -2.11. The lowest BCUT2D eigenvalue weighted by Crippen LogP contribution is -2.50. The van der Waals surface area contributed by atoms with Crippen molar-refractivity contribution in [2.45, 2.75) is 51.7 Å². The standard InChI is InChI=1S/C17H25N3O3/c1-17(2,3)23-16(22)19-14(12-13-6-8-18-9-7-13)15(21)20-10-4-5-11-20/h6-9,14H,4-5,10-12H2,1-3H3,(H,19,22). The first-order valence-electron chi connectivity index (χ1n) is 8.02. The minimum absolute atomic E-state index is 0.0508. The van der Waals surface area contributed by atoms with Crippen molar-refractivity contribution in [3.8, 4) is 0 Å². The zero-order valence-electron chi connectivity index (χ0n) is 14.0. The lowest BCUT2D eigenvalue weighted by molar-refractivity contribution is -0.132. The van der Waals surface area contributed by atoms with E-state index in [0.717, 1.165) is 31.5 Å². The Kier molecular flexibility index (Phi) is 5.58. The van der Waals surface area contributed by atoms with Crippen LogP contribution in [0, 0.1) is 0 Å². The summed E-state index contributed by atoms with van der Waals surface area (Å²) in [5, 5.41) is 2.73. The van der Waals surface area contributed by atoms with Crippen LogP contribution in [0.25, 0.3) is 0 Å². The van der Waals surface area contributed by atoms with Gasteiger partial charge in [0, 0.05) is 31.9 Å². The fourth-order valence-electron chi connectivity index (χ4n) is 2.56. The van der Waals surface area contributed by atoms with Crippen LogP contribution in [-0.2, 0) is 16.0 Å². The highest BCUT2D eigenvalue weighted by Crippen LogP contribution is 2.13. The van der Waals surface area contributed by atoms with E-state index >= 15 is 0 Å². The first-order valence-corrected chi connectivity index (χ1v) is 8.02.